The molecule has 4 nitrogen and oxygen atoms in total. The van der Waals surface area contributed by atoms with Crippen molar-refractivity contribution in [1.29, 1.82) is 0 Å². The van der Waals surface area contributed by atoms with E-state index in [-0.39, 0.29) is 6.61 Å². The number of nitrogens with zero attached hydrogens (tertiary/aromatic N) is 1. The summed E-state index contributed by atoms with van der Waals surface area (Å²) < 4.78 is 4.61. The molecule has 0 saturated heterocycles. The quantitative estimate of drug-likeness (QED) is 0.504. The van der Waals surface area contributed by atoms with Crippen LogP contribution in [0.5, 0.6) is 0 Å². The Morgan fingerprint density at radius 3 is 2.36 bits per heavy atom. The Morgan fingerprint density at radius 1 is 1.36 bits per heavy atom. The molecule has 0 aliphatic carbocycles. The molecule has 0 fully saturated rings. The van der Waals surface area contributed by atoms with Crippen LogP contribution in [0.25, 0.3) is 0 Å². The van der Waals surface area contributed by atoms with Gasteiger partial charge in [-0.25, -0.2) is 4.79 Å². The van der Waals surface area contributed by atoms with Gasteiger partial charge in [-0.05, 0) is 12.8 Å². The van der Waals surface area contributed by atoms with Gasteiger partial charge in [0.2, 0.25) is 0 Å². The Kier molecular flexibility index (Phi) is 5.92. The summed E-state index contributed by atoms with van der Waals surface area (Å²) in [6, 6.07) is 0. The summed E-state index contributed by atoms with van der Waals surface area (Å²) in [5.74, 6) is -0.927. The zero-order chi connectivity index (χ0) is 11.1. The molecule has 82 valence electrons. The third kappa shape index (κ3) is 4.25. The summed E-state index contributed by atoms with van der Waals surface area (Å²) >= 11 is 0. The fraction of sp³-hybridized carbons (Fsp3) is 0.800. The van der Waals surface area contributed by atoms with E-state index in [0.717, 1.165) is 6.42 Å². The fourth-order valence-corrected chi connectivity index (χ4v) is 1.03. The van der Waals surface area contributed by atoms with Crippen molar-refractivity contribution in [3.63, 3.8) is 0 Å². The molecule has 0 aromatic heterocycles. The van der Waals surface area contributed by atoms with E-state index >= 15 is 0 Å². The van der Waals surface area contributed by atoms with Crippen molar-refractivity contribution in [2.45, 2.75) is 27.2 Å². The molecule has 0 radical (unpaired) electrons. The molecule has 0 aliphatic rings. The number of likely N-dealkylation sites (N-methyl/N-ethyl adjacent to an activating group) is 1. The first-order valence-electron chi connectivity index (χ1n) is 4.95. The van der Waals surface area contributed by atoms with Gasteiger partial charge in [0.15, 0.2) is 0 Å². The third-order valence-corrected chi connectivity index (χ3v) is 2.08. The number of hydrogen-bond donors (Lipinski definition) is 0. The second-order valence-electron chi connectivity index (χ2n) is 3.42. The van der Waals surface area contributed by atoms with E-state index in [1.165, 1.54) is 4.90 Å². The summed E-state index contributed by atoms with van der Waals surface area (Å²) in [5.41, 5.74) is 0. The lowest BCUT2D eigenvalue weighted by atomic mass is 10.1. The molecule has 0 aromatic rings. The molecule has 1 atom stereocenters. The molecule has 1 unspecified atom stereocenters. The van der Waals surface area contributed by atoms with E-state index in [9.17, 15) is 9.59 Å². The van der Waals surface area contributed by atoms with Crippen molar-refractivity contribution < 1.29 is 14.3 Å². The number of amides is 1. The Bertz CT molecular complexity index is 204. The van der Waals surface area contributed by atoms with Crippen molar-refractivity contribution in [2.75, 3.05) is 20.2 Å². The van der Waals surface area contributed by atoms with Crippen molar-refractivity contribution in [3.8, 4) is 0 Å². The summed E-state index contributed by atoms with van der Waals surface area (Å²) in [5, 5.41) is 0. The number of ether oxygens (including phenoxy) is 1. The largest absolute Gasteiger partial charge is 0.459 e. The number of rotatable bonds is 4. The van der Waals surface area contributed by atoms with Gasteiger partial charge in [0.25, 0.3) is 0 Å². The molecular formula is C10H19NO3. The summed E-state index contributed by atoms with van der Waals surface area (Å²) in [4.78, 5) is 23.8. The van der Waals surface area contributed by atoms with Gasteiger partial charge in [0.05, 0.1) is 6.61 Å². The van der Waals surface area contributed by atoms with Crippen LogP contribution in [0.2, 0.25) is 0 Å². The Morgan fingerprint density at radius 2 is 1.93 bits per heavy atom. The van der Waals surface area contributed by atoms with Crippen LogP contribution in [0, 0.1) is 5.92 Å². The molecule has 1 amide bonds. The van der Waals surface area contributed by atoms with Crippen molar-refractivity contribution in [3.05, 3.63) is 0 Å². The predicted octanol–water partition coefficient (Wildman–Crippen LogP) is 1.05. The van der Waals surface area contributed by atoms with E-state index < -0.39 is 11.9 Å². The normalized spacial score (nSPS) is 12.0. The SMILES string of the molecule is CCOC(=O)C(=O)N(C)CC(C)CC. The van der Waals surface area contributed by atoms with Gasteiger partial charge in [-0.3, -0.25) is 4.79 Å². The van der Waals surface area contributed by atoms with Crippen LogP contribution in [0.1, 0.15) is 27.2 Å². The zero-order valence-corrected chi connectivity index (χ0v) is 9.37. The van der Waals surface area contributed by atoms with Gasteiger partial charge in [0.1, 0.15) is 0 Å². The van der Waals surface area contributed by atoms with Gasteiger partial charge >= 0.3 is 11.9 Å². The molecule has 14 heavy (non-hydrogen) atoms. The highest BCUT2D eigenvalue weighted by atomic mass is 16.5. The van der Waals surface area contributed by atoms with Crippen LogP contribution in [-0.4, -0.2) is 37.0 Å². The first-order chi connectivity index (χ1) is 6.52. The summed E-state index contributed by atoms with van der Waals surface area (Å²) in [6.07, 6.45) is 0.987. The maximum atomic E-state index is 11.3. The van der Waals surface area contributed by atoms with Gasteiger partial charge < -0.3 is 9.64 Å². The molecule has 0 bridgehead atoms. The third-order valence-electron chi connectivity index (χ3n) is 2.08. The average molecular weight is 201 g/mol. The highest BCUT2D eigenvalue weighted by molar-refractivity contribution is 6.32. The predicted molar refractivity (Wildman–Crippen MR) is 53.7 cm³/mol. The molecular weight excluding hydrogens is 182 g/mol. The van der Waals surface area contributed by atoms with Crippen LogP contribution in [0.4, 0.5) is 0 Å². The molecule has 4 heteroatoms. The highest BCUT2D eigenvalue weighted by Crippen LogP contribution is 2.03. The number of carbonyl (C=O) groups excluding carboxylic acids is 2. The molecule has 0 aliphatic heterocycles. The lowest BCUT2D eigenvalue weighted by Gasteiger charge is -2.19. The van der Waals surface area contributed by atoms with Crippen LogP contribution in [0.3, 0.4) is 0 Å². The lowest BCUT2D eigenvalue weighted by Crippen LogP contribution is -2.37. The van der Waals surface area contributed by atoms with Gasteiger partial charge in [-0.15, -0.1) is 0 Å². The minimum atomic E-state index is -0.765. The highest BCUT2D eigenvalue weighted by Gasteiger charge is 2.20. The van der Waals surface area contributed by atoms with E-state index in [2.05, 4.69) is 4.74 Å². The maximum Gasteiger partial charge on any atom is 0.396 e. The Balaban J connectivity index is 4.04. The van der Waals surface area contributed by atoms with E-state index in [4.69, 9.17) is 0 Å². The van der Waals surface area contributed by atoms with Gasteiger partial charge in [0, 0.05) is 13.6 Å². The first kappa shape index (κ1) is 12.9. The second-order valence-corrected chi connectivity index (χ2v) is 3.42. The van der Waals surface area contributed by atoms with Gasteiger partial charge in [-0.2, -0.15) is 0 Å². The Hall–Kier alpha value is -1.06. The maximum absolute atomic E-state index is 11.3. The van der Waals surface area contributed by atoms with Crippen molar-refractivity contribution >= 4 is 11.9 Å². The molecule has 0 aromatic carbocycles. The summed E-state index contributed by atoms with van der Waals surface area (Å²) in [6.45, 7) is 6.60. The topological polar surface area (TPSA) is 46.6 Å². The van der Waals surface area contributed by atoms with E-state index in [0.29, 0.717) is 12.5 Å². The number of hydrogen-bond acceptors (Lipinski definition) is 3. The van der Waals surface area contributed by atoms with Crippen LogP contribution < -0.4 is 0 Å². The number of esters is 1. The van der Waals surface area contributed by atoms with Crippen LogP contribution in [0.15, 0.2) is 0 Å². The molecule has 0 heterocycles. The lowest BCUT2D eigenvalue weighted by molar-refractivity contribution is -0.159. The molecule has 0 N–H and O–H groups in total. The zero-order valence-electron chi connectivity index (χ0n) is 9.37. The monoisotopic (exact) mass is 201 g/mol. The molecule has 0 rings (SSSR count). The van der Waals surface area contributed by atoms with Crippen LogP contribution in [-0.2, 0) is 14.3 Å². The van der Waals surface area contributed by atoms with E-state index in [1.54, 1.807) is 14.0 Å². The first-order valence-corrected chi connectivity index (χ1v) is 4.95. The van der Waals surface area contributed by atoms with Crippen LogP contribution >= 0.6 is 0 Å². The molecule has 0 saturated carbocycles. The average Bonchev–Trinajstić information content (AvgIpc) is 2.16. The standard InChI is InChI=1S/C10H19NO3/c1-5-8(3)7-11(4)9(12)10(13)14-6-2/h8H,5-7H2,1-4H3. The van der Waals surface area contributed by atoms with E-state index in [1.807, 2.05) is 13.8 Å². The molecule has 0 spiro atoms. The Labute approximate surface area is 85.2 Å². The summed E-state index contributed by atoms with van der Waals surface area (Å²) in [7, 11) is 1.62. The number of carbonyl (C=O) groups is 2. The minimum Gasteiger partial charge on any atom is -0.459 e. The van der Waals surface area contributed by atoms with Crippen molar-refractivity contribution in [1.82, 2.24) is 4.90 Å². The second kappa shape index (κ2) is 6.40. The smallest absolute Gasteiger partial charge is 0.396 e. The van der Waals surface area contributed by atoms with Gasteiger partial charge in [-0.1, -0.05) is 20.3 Å². The fourth-order valence-electron chi connectivity index (χ4n) is 1.03. The minimum absolute atomic E-state index is 0.238. The van der Waals surface area contributed by atoms with Crippen molar-refractivity contribution in [2.24, 2.45) is 5.92 Å².